The number of hydrogen-bond acceptors (Lipinski definition) is 5. The van der Waals surface area contributed by atoms with Crippen LogP contribution in [0.25, 0.3) is 10.8 Å². The summed E-state index contributed by atoms with van der Waals surface area (Å²) < 4.78 is 33.0. The van der Waals surface area contributed by atoms with E-state index in [0.29, 0.717) is 18.5 Å². The van der Waals surface area contributed by atoms with Crippen LogP contribution in [0.3, 0.4) is 0 Å². The second-order valence-electron chi connectivity index (χ2n) is 6.63. The van der Waals surface area contributed by atoms with Gasteiger partial charge in [0.25, 0.3) is 0 Å². The smallest absolute Gasteiger partial charge is 0.244 e. The quantitative estimate of drug-likeness (QED) is 0.720. The van der Waals surface area contributed by atoms with Gasteiger partial charge in [0.1, 0.15) is 0 Å². The highest BCUT2D eigenvalue weighted by atomic mass is 32.2. The first-order chi connectivity index (χ1) is 13.0. The number of carbonyl (C=O) groups excluding carboxylic acids is 1. The number of benzene rings is 1. The van der Waals surface area contributed by atoms with Gasteiger partial charge in [0, 0.05) is 49.9 Å². The zero-order valence-electron chi connectivity index (χ0n) is 15.5. The van der Waals surface area contributed by atoms with E-state index >= 15 is 0 Å². The van der Waals surface area contributed by atoms with Gasteiger partial charge in [0.05, 0.1) is 18.0 Å². The fourth-order valence-electron chi connectivity index (χ4n) is 3.33. The molecule has 8 heteroatoms. The van der Waals surface area contributed by atoms with Crippen LogP contribution in [0.2, 0.25) is 0 Å². The van der Waals surface area contributed by atoms with Crippen LogP contribution in [0.4, 0.5) is 0 Å². The number of methoxy groups -OCH3 is 1. The summed E-state index contributed by atoms with van der Waals surface area (Å²) in [6.07, 6.45) is 6.24. The minimum atomic E-state index is -3.86. The lowest BCUT2D eigenvalue weighted by Crippen LogP contribution is -2.45. The van der Waals surface area contributed by atoms with Crippen molar-refractivity contribution in [1.82, 2.24) is 14.2 Å². The summed E-state index contributed by atoms with van der Waals surface area (Å²) in [4.78, 5) is 18.7. The first kappa shape index (κ1) is 19.7. The van der Waals surface area contributed by atoms with Crippen molar-refractivity contribution in [3.05, 3.63) is 36.7 Å². The second-order valence-corrected chi connectivity index (χ2v) is 8.53. The largest absolute Gasteiger partial charge is 0.383 e. The molecular weight excluding hydrogens is 366 g/mol. The number of hydrogen-bond donors (Lipinski definition) is 0. The summed E-state index contributed by atoms with van der Waals surface area (Å²) >= 11 is 0. The lowest BCUT2D eigenvalue weighted by atomic mass is 10.1. The zero-order valence-corrected chi connectivity index (χ0v) is 16.3. The van der Waals surface area contributed by atoms with Gasteiger partial charge in [-0.15, -0.1) is 0 Å². The van der Waals surface area contributed by atoms with E-state index in [4.69, 9.17) is 4.74 Å². The van der Waals surface area contributed by atoms with Gasteiger partial charge in [-0.1, -0.05) is 12.1 Å². The lowest BCUT2D eigenvalue weighted by molar-refractivity contribution is -0.132. The number of likely N-dealkylation sites (tertiary alicyclic amines) is 1. The molecule has 0 aliphatic carbocycles. The second kappa shape index (κ2) is 8.77. The molecule has 1 aliphatic heterocycles. The van der Waals surface area contributed by atoms with Crippen LogP contribution in [0.5, 0.6) is 0 Å². The van der Waals surface area contributed by atoms with Crippen LogP contribution >= 0.6 is 0 Å². The van der Waals surface area contributed by atoms with Crippen LogP contribution in [0.15, 0.2) is 41.6 Å². The van der Waals surface area contributed by atoms with Crippen molar-refractivity contribution in [2.75, 3.05) is 39.9 Å². The Morgan fingerprint density at radius 2 is 2.00 bits per heavy atom. The highest BCUT2D eigenvalue weighted by molar-refractivity contribution is 7.89. The number of rotatable bonds is 7. The summed E-state index contributed by atoms with van der Waals surface area (Å²) in [7, 11) is -2.34. The Balaban J connectivity index is 1.91. The van der Waals surface area contributed by atoms with Crippen molar-refractivity contribution < 1.29 is 17.9 Å². The monoisotopic (exact) mass is 391 g/mol. The van der Waals surface area contributed by atoms with Crippen molar-refractivity contribution >= 4 is 26.7 Å². The molecule has 1 aromatic heterocycles. The molecule has 3 rings (SSSR count). The Kier molecular flexibility index (Phi) is 6.41. The number of ether oxygens (including phenoxy) is 1. The van der Waals surface area contributed by atoms with Gasteiger partial charge in [0.2, 0.25) is 15.9 Å². The number of fused-ring (bicyclic) bond motifs is 1. The molecule has 0 unspecified atom stereocenters. The van der Waals surface area contributed by atoms with Crippen molar-refractivity contribution in [3.8, 4) is 0 Å². The molecule has 0 N–H and O–H groups in total. The van der Waals surface area contributed by atoms with Crippen LogP contribution in [0.1, 0.15) is 19.3 Å². The van der Waals surface area contributed by atoms with E-state index in [2.05, 4.69) is 4.98 Å². The molecule has 0 spiro atoms. The van der Waals surface area contributed by atoms with Gasteiger partial charge < -0.3 is 9.64 Å². The normalized spacial score (nSPS) is 15.4. The summed E-state index contributed by atoms with van der Waals surface area (Å²) in [5.74, 6) is -0.156. The van der Waals surface area contributed by atoms with Gasteiger partial charge in [-0.25, -0.2) is 8.42 Å². The van der Waals surface area contributed by atoms with E-state index < -0.39 is 10.0 Å². The van der Waals surface area contributed by atoms with Crippen molar-refractivity contribution in [3.63, 3.8) is 0 Å². The molecule has 0 atom stereocenters. The minimum absolute atomic E-state index is 0.125. The van der Waals surface area contributed by atoms with Gasteiger partial charge in [-0.05, 0) is 31.4 Å². The van der Waals surface area contributed by atoms with E-state index in [9.17, 15) is 13.2 Å². The van der Waals surface area contributed by atoms with E-state index in [1.54, 1.807) is 35.5 Å². The Morgan fingerprint density at radius 3 is 2.74 bits per heavy atom. The van der Waals surface area contributed by atoms with Gasteiger partial charge in [0.15, 0.2) is 0 Å². The van der Waals surface area contributed by atoms with Gasteiger partial charge >= 0.3 is 0 Å². The number of amides is 1. The number of nitrogens with zero attached hydrogens (tertiary/aromatic N) is 3. The molecule has 1 amide bonds. The molecule has 146 valence electrons. The lowest BCUT2D eigenvalue weighted by Gasteiger charge is -2.29. The fraction of sp³-hybridized carbons (Fsp3) is 0.474. The SMILES string of the molecule is COCCN(CC(=O)N1CCCCC1)S(=O)(=O)c1cccc2cnccc12. The molecule has 0 saturated carbocycles. The first-order valence-electron chi connectivity index (χ1n) is 9.13. The van der Waals surface area contributed by atoms with E-state index in [-0.39, 0.29) is 30.5 Å². The number of sulfonamides is 1. The topological polar surface area (TPSA) is 79.8 Å². The predicted molar refractivity (Wildman–Crippen MR) is 103 cm³/mol. The van der Waals surface area contributed by atoms with E-state index in [1.807, 2.05) is 6.07 Å². The minimum Gasteiger partial charge on any atom is -0.383 e. The molecular formula is C19H25N3O4S. The maximum Gasteiger partial charge on any atom is 0.244 e. The fourth-order valence-corrected chi connectivity index (χ4v) is 4.92. The average molecular weight is 391 g/mol. The summed E-state index contributed by atoms with van der Waals surface area (Å²) in [5, 5.41) is 1.34. The Bertz CT molecular complexity index is 889. The number of carbonyl (C=O) groups is 1. The third kappa shape index (κ3) is 4.45. The molecule has 0 bridgehead atoms. The van der Waals surface area contributed by atoms with Crippen molar-refractivity contribution in [2.45, 2.75) is 24.2 Å². The number of piperidine rings is 1. The third-order valence-corrected chi connectivity index (χ3v) is 6.73. The molecule has 1 aliphatic rings. The van der Waals surface area contributed by atoms with Gasteiger partial charge in [-0.3, -0.25) is 9.78 Å². The molecule has 0 radical (unpaired) electrons. The third-order valence-electron chi connectivity index (χ3n) is 4.82. The molecule has 7 nitrogen and oxygen atoms in total. The maximum atomic E-state index is 13.3. The molecule has 1 saturated heterocycles. The van der Waals surface area contributed by atoms with Gasteiger partial charge in [-0.2, -0.15) is 4.31 Å². The van der Waals surface area contributed by atoms with Crippen LogP contribution in [-0.4, -0.2) is 68.4 Å². The molecule has 27 heavy (non-hydrogen) atoms. The highest BCUT2D eigenvalue weighted by Gasteiger charge is 2.30. The molecule has 1 fully saturated rings. The van der Waals surface area contributed by atoms with E-state index in [1.165, 1.54) is 11.4 Å². The summed E-state index contributed by atoms with van der Waals surface area (Å²) in [5.41, 5.74) is 0. The first-order valence-corrected chi connectivity index (χ1v) is 10.6. The Hall–Kier alpha value is -2.03. The Labute approximate surface area is 160 Å². The standard InChI is InChI=1S/C19H25N3O4S/c1-26-13-12-22(15-19(23)21-10-3-2-4-11-21)27(24,25)18-7-5-6-16-14-20-9-8-17(16)18/h5-9,14H,2-4,10-13,15H2,1H3. The predicted octanol–water partition coefficient (Wildman–Crippen LogP) is 1.88. The molecule has 2 aromatic rings. The average Bonchev–Trinajstić information content (AvgIpc) is 2.71. The van der Waals surface area contributed by atoms with Crippen molar-refractivity contribution in [2.24, 2.45) is 0 Å². The maximum absolute atomic E-state index is 13.3. The summed E-state index contributed by atoms with van der Waals surface area (Å²) in [6, 6.07) is 6.77. The number of pyridine rings is 1. The van der Waals surface area contributed by atoms with E-state index in [0.717, 1.165) is 24.6 Å². The highest BCUT2D eigenvalue weighted by Crippen LogP contribution is 2.25. The van der Waals surface area contributed by atoms with Crippen LogP contribution < -0.4 is 0 Å². The van der Waals surface area contributed by atoms with Crippen LogP contribution in [-0.2, 0) is 19.6 Å². The zero-order chi connectivity index (χ0) is 19.3. The van der Waals surface area contributed by atoms with Crippen molar-refractivity contribution in [1.29, 1.82) is 0 Å². The van der Waals surface area contributed by atoms with Crippen LogP contribution in [0, 0.1) is 0 Å². The molecule has 1 aromatic carbocycles. The Morgan fingerprint density at radius 1 is 1.22 bits per heavy atom. The molecule has 2 heterocycles. The number of aromatic nitrogens is 1. The summed E-state index contributed by atoms with van der Waals surface area (Å²) in [6.45, 7) is 1.56.